The van der Waals surface area contributed by atoms with Gasteiger partial charge in [-0.2, -0.15) is 0 Å². The van der Waals surface area contributed by atoms with Crippen molar-refractivity contribution in [3.8, 4) is 0 Å². The van der Waals surface area contributed by atoms with Gasteiger partial charge in [0.05, 0.1) is 6.54 Å². The number of hydrogen-bond donors (Lipinski definition) is 4. The van der Waals surface area contributed by atoms with Gasteiger partial charge in [-0.1, -0.05) is 30.3 Å². The third kappa shape index (κ3) is 10.8. The van der Waals surface area contributed by atoms with Gasteiger partial charge in [0.25, 0.3) is 0 Å². The number of nitrogens with two attached hydrogens (primary N) is 2. The average molecular weight is 265 g/mol. The van der Waals surface area contributed by atoms with Crippen LogP contribution in [0.5, 0.6) is 0 Å². The van der Waals surface area contributed by atoms with Gasteiger partial charge in [-0.3, -0.25) is 9.79 Å². The van der Waals surface area contributed by atoms with Gasteiger partial charge >= 0.3 is 0 Å². The molecule has 0 saturated carbocycles. The van der Waals surface area contributed by atoms with Crippen molar-refractivity contribution in [3.05, 3.63) is 35.9 Å². The molecule has 1 amide bonds. The highest BCUT2D eigenvalue weighted by Crippen LogP contribution is 1.97. The molecular formula is C13H23N5O. The normalized spacial score (nSPS) is 8.95. The molecular weight excluding hydrogens is 242 g/mol. The van der Waals surface area contributed by atoms with Crippen LogP contribution in [0.2, 0.25) is 0 Å². The summed E-state index contributed by atoms with van der Waals surface area (Å²) in [5, 5.41) is 5.53. The fourth-order valence-electron chi connectivity index (χ4n) is 1.17. The first-order valence-corrected chi connectivity index (χ1v) is 6.04. The predicted molar refractivity (Wildman–Crippen MR) is 78.6 cm³/mol. The Morgan fingerprint density at radius 2 is 1.79 bits per heavy atom. The summed E-state index contributed by atoms with van der Waals surface area (Å²) < 4.78 is 0. The molecule has 1 aromatic carbocycles. The second kappa shape index (κ2) is 11.0. The van der Waals surface area contributed by atoms with Crippen LogP contribution in [0.3, 0.4) is 0 Å². The van der Waals surface area contributed by atoms with Gasteiger partial charge in [-0.25, -0.2) is 0 Å². The number of rotatable bonds is 5. The number of benzene rings is 1. The lowest BCUT2D eigenvalue weighted by Gasteiger charge is -2.03. The minimum absolute atomic E-state index is 0.0101. The van der Waals surface area contributed by atoms with Gasteiger partial charge in [-0.05, 0) is 19.7 Å². The molecule has 0 fully saturated rings. The van der Waals surface area contributed by atoms with E-state index in [1.807, 2.05) is 44.4 Å². The minimum atomic E-state index is -0.0612. The smallest absolute Gasteiger partial charge is 0.222 e. The zero-order valence-electron chi connectivity index (χ0n) is 11.5. The van der Waals surface area contributed by atoms with Crippen molar-refractivity contribution in [2.45, 2.75) is 13.0 Å². The van der Waals surface area contributed by atoms with Crippen molar-refractivity contribution < 1.29 is 4.79 Å². The molecule has 1 rings (SSSR count). The first-order valence-electron chi connectivity index (χ1n) is 6.04. The van der Waals surface area contributed by atoms with Crippen LogP contribution in [0.15, 0.2) is 35.3 Å². The van der Waals surface area contributed by atoms with Crippen molar-refractivity contribution in [3.63, 3.8) is 0 Å². The molecule has 19 heavy (non-hydrogen) atoms. The highest BCUT2D eigenvalue weighted by Gasteiger charge is 1.99. The molecule has 0 radical (unpaired) electrons. The lowest BCUT2D eigenvalue weighted by Crippen LogP contribution is -2.25. The molecule has 0 bridgehead atoms. The van der Waals surface area contributed by atoms with Crippen molar-refractivity contribution in [2.75, 3.05) is 20.6 Å². The number of nitrogens with zero attached hydrogens (tertiary/aromatic N) is 1. The van der Waals surface area contributed by atoms with E-state index in [4.69, 9.17) is 11.5 Å². The molecule has 0 saturated heterocycles. The van der Waals surface area contributed by atoms with Crippen LogP contribution < -0.4 is 22.1 Å². The first kappa shape index (κ1) is 16.9. The fraction of sp³-hybridized carbons (Fsp3) is 0.385. The van der Waals surface area contributed by atoms with E-state index in [-0.39, 0.29) is 11.9 Å². The molecule has 6 N–H and O–H groups in total. The predicted octanol–water partition coefficient (Wildman–Crippen LogP) is -0.198. The van der Waals surface area contributed by atoms with Gasteiger partial charge in [-0.15, -0.1) is 0 Å². The molecule has 0 aliphatic carbocycles. The summed E-state index contributed by atoms with van der Waals surface area (Å²) in [5.74, 6) is -0.0512. The van der Waals surface area contributed by atoms with E-state index in [0.29, 0.717) is 19.5 Å². The van der Waals surface area contributed by atoms with Crippen molar-refractivity contribution in [2.24, 2.45) is 16.5 Å². The molecule has 6 nitrogen and oxygen atoms in total. The van der Waals surface area contributed by atoms with Gasteiger partial charge in [0.2, 0.25) is 5.91 Å². The maximum absolute atomic E-state index is 11.3. The Labute approximate surface area is 114 Å². The third-order valence-corrected chi connectivity index (χ3v) is 1.97. The summed E-state index contributed by atoms with van der Waals surface area (Å²) in [6, 6.07) is 9.71. The van der Waals surface area contributed by atoms with Crippen LogP contribution in [-0.2, 0) is 11.3 Å². The summed E-state index contributed by atoms with van der Waals surface area (Å²) in [5.41, 5.74) is 11.3. The van der Waals surface area contributed by atoms with E-state index in [9.17, 15) is 4.79 Å². The first-order chi connectivity index (χ1) is 9.10. The van der Waals surface area contributed by atoms with Crippen molar-refractivity contribution >= 4 is 11.9 Å². The summed E-state index contributed by atoms with van der Waals surface area (Å²) in [7, 11) is 3.75. The molecule has 0 spiro atoms. The van der Waals surface area contributed by atoms with E-state index in [0.717, 1.165) is 5.56 Å². The molecule has 0 aliphatic rings. The number of guanidine groups is 1. The Morgan fingerprint density at radius 1 is 1.21 bits per heavy atom. The molecule has 0 heterocycles. The van der Waals surface area contributed by atoms with E-state index in [2.05, 4.69) is 15.6 Å². The molecule has 0 aromatic heterocycles. The van der Waals surface area contributed by atoms with Crippen molar-refractivity contribution in [1.82, 2.24) is 10.6 Å². The highest BCUT2D eigenvalue weighted by molar-refractivity contribution is 5.78. The van der Waals surface area contributed by atoms with Gasteiger partial charge in [0.15, 0.2) is 5.96 Å². The maximum Gasteiger partial charge on any atom is 0.222 e. The average Bonchev–Trinajstić information content (AvgIpc) is 2.38. The number of nitrogens with one attached hydrogen (secondary N) is 2. The lowest BCUT2D eigenvalue weighted by molar-refractivity contribution is -0.121. The zero-order chi connectivity index (χ0) is 14.5. The minimum Gasteiger partial charge on any atom is -0.370 e. The van der Waals surface area contributed by atoms with E-state index in [1.54, 1.807) is 0 Å². The highest BCUT2D eigenvalue weighted by atomic mass is 16.1. The topological polar surface area (TPSA) is 106 Å². The molecule has 1 aromatic rings. The SMILES string of the molecule is CNC.NC(N)=NCCC(=O)NCc1ccccc1. The molecule has 106 valence electrons. The van der Waals surface area contributed by atoms with Crippen LogP contribution in [0.1, 0.15) is 12.0 Å². The molecule has 0 aliphatic heterocycles. The summed E-state index contributed by atoms with van der Waals surface area (Å²) in [4.78, 5) is 15.1. The second-order valence-corrected chi connectivity index (χ2v) is 3.82. The maximum atomic E-state index is 11.3. The Morgan fingerprint density at radius 3 is 2.32 bits per heavy atom. The Kier molecular flexibility index (Phi) is 9.83. The second-order valence-electron chi connectivity index (χ2n) is 3.82. The Balaban J connectivity index is 0.000000982. The van der Waals surface area contributed by atoms with Crippen LogP contribution in [0.25, 0.3) is 0 Å². The summed E-state index contributed by atoms with van der Waals surface area (Å²) >= 11 is 0. The van der Waals surface area contributed by atoms with Gasteiger partial charge < -0.3 is 22.1 Å². The number of carbonyl (C=O) groups excluding carboxylic acids is 1. The van der Waals surface area contributed by atoms with E-state index >= 15 is 0 Å². The summed E-state index contributed by atoms with van der Waals surface area (Å²) in [6.45, 7) is 0.852. The molecule has 0 unspecified atom stereocenters. The number of amides is 1. The number of aliphatic imine (C=N–C) groups is 1. The number of hydrogen-bond acceptors (Lipinski definition) is 3. The van der Waals surface area contributed by atoms with Crippen LogP contribution >= 0.6 is 0 Å². The van der Waals surface area contributed by atoms with E-state index in [1.165, 1.54) is 0 Å². The van der Waals surface area contributed by atoms with Gasteiger partial charge in [0, 0.05) is 13.0 Å². The number of carbonyl (C=O) groups is 1. The summed E-state index contributed by atoms with van der Waals surface area (Å²) in [6.07, 6.45) is 0.296. The van der Waals surface area contributed by atoms with Crippen molar-refractivity contribution in [1.29, 1.82) is 0 Å². The lowest BCUT2D eigenvalue weighted by atomic mass is 10.2. The van der Waals surface area contributed by atoms with Gasteiger partial charge in [0.1, 0.15) is 0 Å². The van der Waals surface area contributed by atoms with E-state index < -0.39 is 0 Å². The Hall–Kier alpha value is -2.08. The Bertz CT molecular complexity index is 374. The fourth-order valence-corrected chi connectivity index (χ4v) is 1.17. The standard InChI is InChI=1S/C11H16N4O.C2H7N/c12-11(13)14-7-6-10(16)15-8-9-4-2-1-3-5-9;1-3-2/h1-5H,6-8H2,(H,15,16)(H4,12,13,14);3H,1-2H3. The molecule has 0 atom stereocenters. The quantitative estimate of drug-likeness (QED) is 0.437. The monoisotopic (exact) mass is 265 g/mol. The van der Waals surface area contributed by atoms with Crippen LogP contribution in [0.4, 0.5) is 0 Å². The van der Waals surface area contributed by atoms with Crippen LogP contribution in [-0.4, -0.2) is 32.5 Å². The molecule has 6 heteroatoms. The zero-order valence-corrected chi connectivity index (χ0v) is 11.5. The largest absolute Gasteiger partial charge is 0.370 e. The van der Waals surface area contributed by atoms with Crippen LogP contribution in [0, 0.1) is 0 Å². The third-order valence-electron chi connectivity index (χ3n) is 1.97.